The molecule has 0 heterocycles. The van der Waals surface area contributed by atoms with E-state index >= 15 is 0 Å². The Hall–Kier alpha value is -3.30. The molecule has 2 aromatic carbocycles. The number of nitrogens with two attached hydrogens (primary N) is 1. The fraction of sp³-hybridized carbons (Fsp3) is 0.286. The lowest BCUT2D eigenvalue weighted by atomic mass is 10.1. The third-order valence-electron chi connectivity index (χ3n) is 4.26. The van der Waals surface area contributed by atoms with Gasteiger partial charge in [0, 0.05) is 18.7 Å². The molecule has 0 aliphatic carbocycles. The van der Waals surface area contributed by atoms with Crippen molar-refractivity contribution in [3.05, 3.63) is 59.2 Å². The maximum Gasteiger partial charge on any atom is 0.239 e. The Balaban J connectivity index is 0.00000480. The number of nitrogen functional groups attached to an aromatic ring is 1. The lowest BCUT2D eigenvalue weighted by Crippen LogP contribution is -2.40. The van der Waals surface area contributed by atoms with Crippen LogP contribution >= 0.6 is 12.4 Å². The van der Waals surface area contributed by atoms with Gasteiger partial charge in [-0.1, -0.05) is 30.3 Å². The molecule has 2 amide bonds. The Labute approximate surface area is 187 Å². The predicted octanol–water partition coefficient (Wildman–Crippen LogP) is 0.932. The van der Waals surface area contributed by atoms with E-state index in [1.54, 1.807) is 38.5 Å². The summed E-state index contributed by atoms with van der Waals surface area (Å²) in [6.45, 7) is 0.763. The standard InChI is InChI=1S/C21H27N5O4.ClH/c1-29-17-8-5-15(9-18(17)30-2)11-25-20(28)13-26-19(27)12-24-10-14-3-6-16(7-4-14)21(22)23;/h3-9,24H,10-13H2,1-2H3,(H3,22,23)(H,25,28)(H,26,27);1H. The molecule has 6 N–H and O–H groups in total. The van der Waals surface area contributed by atoms with Crippen LogP contribution in [0.15, 0.2) is 42.5 Å². The number of methoxy groups -OCH3 is 2. The predicted molar refractivity (Wildman–Crippen MR) is 121 cm³/mol. The van der Waals surface area contributed by atoms with Crippen LogP contribution in [-0.2, 0) is 22.7 Å². The van der Waals surface area contributed by atoms with Crippen molar-refractivity contribution in [3.63, 3.8) is 0 Å². The number of amidine groups is 1. The average Bonchev–Trinajstić information content (AvgIpc) is 2.76. The van der Waals surface area contributed by atoms with E-state index in [0.717, 1.165) is 11.1 Å². The van der Waals surface area contributed by atoms with Gasteiger partial charge in [-0.2, -0.15) is 0 Å². The second-order valence-corrected chi connectivity index (χ2v) is 6.46. The normalized spacial score (nSPS) is 9.87. The van der Waals surface area contributed by atoms with Gasteiger partial charge in [0.15, 0.2) is 11.5 Å². The number of benzene rings is 2. The number of carbonyl (C=O) groups is 2. The molecule has 10 heteroatoms. The SMILES string of the molecule is COc1ccc(CNC(=O)CNC(=O)CNCc2ccc(C(=N)N)cc2)cc1OC.Cl. The van der Waals surface area contributed by atoms with Gasteiger partial charge < -0.3 is 31.2 Å². The summed E-state index contributed by atoms with van der Waals surface area (Å²) in [7, 11) is 3.10. The van der Waals surface area contributed by atoms with Crippen LogP contribution in [0.2, 0.25) is 0 Å². The maximum atomic E-state index is 12.0. The molecule has 0 atom stereocenters. The third kappa shape index (κ3) is 8.53. The first-order valence-corrected chi connectivity index (χ1v) is 9.31. The molecule has 0 saturated heterocycles. The number of hydrogen-bond donors (Lipinski definition) is 5. The van der Waals surface area contributed by atoms with Gasteiger partial charge in [-0.3, -0.25) is 15.0 Å². The van der Waals surface area contributed by atoms with Gasteiger partial charge in [0.05, 0.1) is 27.3 Å². The second kappa shape index (κ2) is 13.1. The molecule has 9 nitrogen and oxygen atoms in total. The van der Waals surface area contributed by atoms with E-state index in [-0.39, 0.29) is 43.1 Å². The number of rotatable bonds is 11. The molecule has 168 valence electrons. The van der Waals surface area contributed by atoms with Crippen LogP contribution in [0.25, 0.3) is 0 Å². The quantitative estimate of drug-likeness (QED) is 0.255. The Bertz CT molecular complexity index is 890. The summed E-state index contributed by atoms with van der Waals surface area (Å²) >= 11 is 0. The minimum absolute atomic E-state index is 0. The summed E-state index contributed by atoms with van der Waals surface area (Å²) in [5.41, 5.74) is 7.87. The molecular weight excluding hydrogens is 422 g/mol. The van der Waals surface area contributed by atoms with Crippen molar-refractivity contribution in [1.82, 2.24) is 16.0 Å². The van der Waals surface area contributed by atoms with Crippen LogP contribution < -0.4 is 31.2 Å². The van der Waals surface area contributed by atoms with Gasteiger partial charge in [-0.05, 0) is 23.3 Å². The van der Waals surface area contributed by atoms with E-state index in [9.17, 15) is 9.59 Å². The van der Waals surface area contributed by atoms with Crippen LogP contribution in [-0.4, -0.2) is 45.0 Å². The molecule has 2 rings (SSSR count). The lowest BCUT2D eigenvalue weighted by Gasteiger charge is -2.11. The van der Waals surface area contributed by atoms with Crippen molar-refractivity contribution in [2.24, 2.45) is 5.73 Å². The highest BCUT2D eigenvalue weighted by Gasteiger charge is 2.08. The van der Waals surface area contributed by atoms with E-state index in [1.165, 1.54) is 0 Å². The summed E-state index contributed by atoms with van der Waals surface area (Å²) < 4.78 is 10.4. The average molecular weight is 450 g/mol. The smallest absolute Gasteiger partial charge is 0.239 e. The van der Waals surface area contributed by atoms with Crippen LogP contribution in [0.5, 0.6) is 11.5 Å². The van der Waals surface area contributed by atoms with Gasteiger partial charge in [0.25, 0.3) is 0 Å². The number of hydrogen-bond acceptors (Lipinski definition) is 6. The van der Waals surface area contributed by atoms with E-state index in [4.69, 9.17) is 20.6 Å². The number of amides is 2. The Morgan fingerprint density at radius 2 is 1.48 bits per heavy atom. The Morgan fingerprint density at radius 1 is 0.871 bits per heavy atom. The van der Waals surface area contributed by atoms with E-state index in [0.29, 0.717) is 30.2 Å². The maximum absolute atomic E-state index is 12.0. The van der Waals surface area contributed by atoms with E-state index in [1.807, 2.05) is 18.2 Å². The molecule has 0 fully saturated rings. The molecule has 0 unspecified atom stereocenters. The first-order chi connectivity index (χ1) is 14.4. The molecule has 2 aromatic rings. The molecular formula is C21H28ClN5O4. The van der Waals surface area contributed by atoms with E-state index < -0.39 is 0 Å². The zero-order valence-electron chi connectivity index (χ0n) is 17.5. The first kappa shape index (κ1) is 25.7. The second-order valence-electron chi connectivity index (χ2n) is 6.46. The van der Waals surface area contributed by atoms with Gasteiger partial charge in [-0.15, -0.1) is 12.4 Å². The fourth-order valence-electron chi connectivity index (χ4n) is 2.62. The Morgan fingerprint density at radius 3 is 2.10 bits per heavy atom. The lowest BCUT2D eigenvalue weighted by molar-refractivity contribution is -0.125. The molecule has 0 saturated carbocycles. The summed E-state index contributed by atoms with van der Waals surface area (Å²) in [4.78, 5) is 23.8. The third-order valence-corrected chi connectivity index (χ3v) is 4.26. The zero-order valence-corrected chi connectivity index (χ0v) is 18.3. The van der Waals surface area contributed by atoms with Gasteiger partial charge >= 0.3 is 0 Å². The van der Waals surface area contributed by atoms with Crippen molar-refractivity contribution in [2.45, 2.75) is 13.1 Å². The monoisotopic (exact) mass is 449 g/mol. The highest BCUT2D eigenvalue weighted by atomic mass is 35.5. The summed E-state index contributed by atoms with van der Waals surface area (Å²) in [5.74, 6) is 0.634. The highest BCUT2D eigenvalue weighted by molar-refractivity contribution is 5.94. The molecule has 0 aliphatic heterocycles. The van der Waals surface area contributed by atoms with Gasteiger partial charge in [-0.25, -0.2) is 0 Å². The number of halogens is 1. The van der Waals surface area contributed by atoms with Crippen LogP contribution in [0.4, 0.5) is 0 Å². The van der Waals surface area contributed by atoms with Crippen molar-refractivity contribution in [3.8, 4) is 11.5 Å². The van der Waals surface area contributed by atoms with Crippen LogP contribution in [0.1, 0.15) is 16.7 Å². The highest BCUT2D eigenvalue weighted by Crippen LogP contribution is 2.27. The van der Waals surface area contributed by atoms with Crippen molar-refractivity contribution >= 4 is 30.1 Å². The first-order valence-electron chi connectivity index (χ1n) is 9.31. The van der Waals surface area contributed by atoms with Crippen molar-refractivity contribution < 1.29 is 19.1 Å². The largest absolute Gasteiger partial charge is 0.493 e. The molecule has 0 aromatic heterocycles. The van der Waals surface area contributed by atoms with Crippen molar-refractivity contribution in [1.29, 1.82) is 5.41 Å². The molecule has 31 heavy (non-hydrogen) atoms. The summed E-state index contributed by atoms with van der Waals surface area (Å²) in [6, 6.07) is 12.6. The molecule has 0 bridgehead atoms. The van der Waals surface area contributed by atoms with Gasteiger partial charge in [0.1, 0.15) is 5.84 Å². The van der Waals surface area contributed by atoms with Crippen molar-refractivity contribution in [2.75, 3.05) is 27.3 Å². The minimum atomic E-state index is -0.294. The topological polar surface area (TPSA) is 139 Å². The van der Waals surface area contributed by atoms with Crippen LogP contribution in [0, 0.1) is 5.41 Å². The van der Waals surface area contributed by atoms with Gasteiger partial charge in [0.2, 0.25) is 11.8 Å². The molecule has 0 radical (unpaired) electrons. The van der Waals surface area contributed by atoms with E-state index in [2.05, 4.69) is 16.0 Å². The molecule has 0 spiro atoms. The fourth-order valence-corrected chi connectivity index (χ4v) is 2.62. The molecule has 0 aliphatic rings. The summed E-state index contributed by atoms with van der Waals surface area (Å²) in [6.07, 6.45) is 0. The van der Waals surface area contributed by atoms with Crippen LogP contribution in [0.3, 0.4) is 0 Å². The number of ether oxygens (including phenoxy) is 2. The minimum Gasteiger partial charge on any atom is -0.493 e. The number of carbonyl (C=O) groups excluding carboxylic acids is 2. The Kier molecular flexibility index (Phi) is 10.9. The number of nitrogens with one attached hydrogen (secondary N) is 4. The zero-order chi connectivity index (χ0) is 21.9. The summed E-state index contributed by atoms with van der Waals surface area (Å²) in [5, 5.41) is 15.7.